The van der Waals surface area contributed by atoms with Gasteiger partial charge in [-0.25, -0.2) is 9.59 Å². The van der Waals surface area contributed by atoms with Crippen LogP contribution in [0, 0.1) is 0 Å². The number of hydrogen-bond acceptors (Lipinski definition) is 8. The van der Waals surface area contributed by atoms with Gasteiger partial charge >= 0.3 is 17.6 Å². The van der Waals surface area contributed by atoms with Gasteiger partial charge in [-0.1, -0.05) is 12.1 Å². The zero-order valence-corrected chi connectivity index (χ0v) is 21.7. The lowest BCUT2D eigenvalue weighted by atomic mass is 10.0. The Morgan fingerprint density at radius 3 is 2.48 bits per heavy atom. The van der Waals surface area contributed by atoms with Crippen molar-refractivity contribution in [2.45, 2.75) is 39.2 Å². The average Bonchev–Trinajstić information content (AvgIpc) is 3.24. The Labute approximate surface area is 228 Å². The quantitative estimate of drug-likeness (QED) is 0.0927. The van der Waals surface area contributed by atoms with Crippen LogP contribution in [0.1, 0.15) is 32.6 Å². The largest absolute Gasteiger partial charge is 0.492 e. The molecule has 0 aliphatic heterocycles. The summed E-state index contributed by atoms with van der Waals surface area (Å²) in [5.74, 6) is -1.42. The van der Waals surface area contributed by atoms with Gasteiger partial charge in [0.05, 0.1) is 10.9 Å². The highest BCUT2D eigenvalue weighted by Crippen LogP contribution is 2.28. The highest BCUT2D eigenvalue weighted by molar-refractivity contribution is 5.94. The number of hydrogen-bond donors (Lipinski definition) is 2. The molecule has 0 bridgehead atoms. The first kappa shape index (κ1) is 26.5. The second-order valence-electron chi connectivity index (χ2n) is 9.30. The van der Waals surface area contributed by atoms with E-state index in [0.29, 0.717) is 40.0 Å². The molecule has 10 nitrogen and oxygen atoms in total. The van der Waals surface area contributed by atoms with Crippen LogP contribution in [0.2, 0.25) is 0 Å². The van der Waals surface area contributed by atoms with Gasteiger partial charge in [-0.15, -0.1) is 4.73 Å². The van der Waals surface area contributed by atoms with Gasteiger partial charge in [-0.2, -0.15) is 4.57 Å². The van der Waals surface area contributed by atoms with Gasteiger partial charge in [0.15, 0.2) is 6.20 Å². The molecule has 0 saturated carbocycles. The number of fused-ring (bicyclic) bond motifs is 2. The minimum Gasteiger partial charge on any atom is -0.492 e. The molecule has 0 saturated heterocycles. The first-order valence-electron chi connectivity index (χ1n) is 12.8. The maximum Gasteiger partial charge on any atom is 0.344 e. The lowest BCUT2D eigenvalue weighted by molar-refractivity contribution is -0.671. The number of rotatable bonds is 9. The molecule has 0 fully saturated rings. The summed E-state index contributed by atoms with van der Waals surface area (Å²) in [6, 6.07) is 18.8. The van der Waals surface area contributed by atoms with E-state index in [4.69, 9.17) is 14.0 Å². The van der Waals surface area contributed by atoms with Crippen molar-refractivity contribution in [1.82, 2.24) is 4.73 Å². The van der Waals surface area contributed by atoms with Gasteiger partial charge in [0, 0.05) is 61.0 Å². The third-order valence-electron chi connectivity index (χ3n) is 6.45. The number of aromatic nitrogens is 2. The van der Waals surface area contributed by atoms with E-state index in [0.717, 1.165) is 29.3 Å². The molecule has 2 N–H and O–H groups in total. The average molecular weight is 544 g/mol. The van der Waals surface area contributed by atoms with Gasteiger partial charge in [0.2, 0.25) is 17.3 Å². The fourth-order valence-electron chi connectivity index (χ4n) is 4.60. The van der Waals surface area contributed by atoms with Crippen LogP contribution >= 0.6 is 0 Å². The number of pyridine rings is 1. The Hall–Kier alpha value is -5.12. The summed E-state index contributed by atoms with van der Waals surface area (Å²) in [6.07, 6.45) is 4.20. The Kier molecular flexibility index (Phi) is 7.50. The molecule has 0 atom stereocenters. The van der Waals surface area contributed by atoms with Crippen LogP contribution in [0.5, 0.6) is 17.5 Å². The maximum absolute atomic E-state index is 13.0. The highest BCUT2D eigenvalue weighted by Gasteiger charge is 2.18. The van der Waals surface area contributed by atoms with E-state index in [2.05, 4.69) is 4.57 Å². The van der Waals surface area contributed by atoms with Gasteiger partial charge in [-0.3, -0.25) is 4.79 Å². The number of para-hydroxylation sites is 1. The summed E-state index contributed by atoms with van der Waals surface area (Å²) in [7, 11) is 0. The molecule has 0 aliphatic carbocycles. The van der Waals surface area contributed by atoms with Crippen molar-refractivity contribution in [3.63, 3.8) is 0 Å². The minimum absolute atomic E-state index is 0.140. The first-order valence-corrected chi connectivity index (χ1v) is 12.8. The van der Waals surface area contributed by atoms with Crippen molar-refractivity contribution < 1.29 is 38.4 Å². The number of benzene rings is 2. The number of nitrogens with zero attached hydrogens (tertiary/aromatic N) is 2. The smallest absolute Gasteiger partial charge is 0.344 e. The fraction of sp³-hybridized carbons (Fsp3) is 0.200. The molecular weight excluding hydrogens is 516 g/mol. The van der Waals surface area contributed by atoms with E-state index in [1.807, 2.05) is 36.5 Å². The van der Waals surface area contributed by atoms with Crippen molar-refractivity contribution in [3.05, 3.63) is 83.3 Å². The fourth-order valence-corrected chi connectivity index (χ4v) is 4.60. The molecule has 5 rings (SSSR count). The highest BCUT2D eigenvalue weighted by atomic mass is 16.7. The lowest BCUT2D eigenvalue weighted by Gasteiger charge is -2.08. The summed E-state index contributed by atoms with van der Waals surface area (Å²) in [4.78, 5) is 41.2. The van der Waals surface area contributed by atoms with E-state index in [-0.39, 0.29) is 18.2 Å². The second kappa shape index (κ2) is 11.3. The summed E-state index contributed by atoms with van der Waals surface area (Å²) in [5.41, 5.74) is 1.94. The van der Waals surface area contributed by atoms with Crippen molar-refractivity contribution in [2.75, 3.05) is 0 Å². The number of carbonyl (C=O) groups is 2. The van der Waals surface area contributed by atoms with Crippen LogP contribution in [-0.4, -0.2) is 26.9 Å². The molecule has 10 heteroatoms. The van der Waals surface area contributed by atoms with Crippen molar-refractivity contribution in [2.24, 2.45) is 0 Å². The number of carbonyl (C=O) groups excluding carboxylic acids is 2. The van der Waals surface area contributed by atoms with E-state index >= 15 is 0 Å². The molecule has 0 aliphatic rings. The van der Waals surface area contributed by atoms with Crippen LogP contribution in [-0.2, 0) is 16.1 Å². The lowest BCUT2D eigenvalue weighted by Crippen LogP contribution is -2.34. The predicted molar refractivity (Wildman–Crippen MR) is 145 cm³/mol. The van der Waals surface area contributed by atoms with Crippen molar-refractivity contribution in [3.8, 4) is 28.6 Å². The molecular formula is C30H27N2O8+. The van der Waals surface area contributed by atoms with E-state index in [1.54, 1.807) is 18.2 Å². The minimum atomic E-state index is -0.555. The molecule has 0 radical (unpaired) electrons. The van der Waals surface area contributed by atoms with Crippen molar-refractivity contribution >= 4 is 33.8 Å². The molecule has 3 aromatic heterocycles. The Morgan fingerprint density at radius 2 is 1.70 bits per heavy atom. The Balaban J connectivity index is 1.29. The van der Waals surface area contributed by atoms with Gasteiger partial charge in [-0.05, 0) is 37.1 Å². The second-order valence-corrected chi connectivity index (χ2v) is 9.30. The zero-order valence-electron chi connectivity index (χ0n) is 21.7. The maximum atomic E-state index is 13.0. The standard InChI is InChI=1S/C30H26N2O8/c1-19(33)38-21-11-10-20-17-24(30(37)39-26(20)18-21)22-14-16-31(25-8-5-4-7-23(22)25)15-6-2-3-9-29(36)40-32-27(34)12-13-28(32)35/h4-5,7-8,10-14,16-18H,2-3,6,9,15H2,1H3,(H-,34,35)/p+1. The summed E-state index contributed by atoms with van der Waals surface area (Å²) in [6.45, 7) is 2.00. The van der Waals surface area contributed by atoms with Crippen molar-refractivity contribution in [1.29, 1.82) is 0 Å². The molecule has 204 valence electrons. The third kappa shape index (κ3) is 5.65. The molecule has 5 aromatic rings. The van der Waals surface area contributed by atoms with Crippen LogP contribution < -0.4 is 19.8 Å². The Morgan fingerprint density at radius 1 is 0.925 bits per heavy atom. The van der Waals surface area contributed by atoms with Crippen LogP contribution in [0.15, 0.2) is 82.1 Å². The number of aryl methyl sites for hydroxylation is 1. The number of esters is 1. The van der Waals surface area contributed by atoms with Gasteiger partial charge in [0.25, 0.3) is 0 Å². The normalized spacial score (nSPS) is 11.1. The third-order valence-corrected chi connectivity index (χ3v) is 6.45. The first-order chi connectivity index (χ1) is 19.3. The molecule has 0 unspecified atom stereocenters. The number of aromatic hydroxyl groups is 2. The number of unbranched alkanes of at least 4 members (excludes halogenated alkanes) is 2. The van der Waals surface area contributed by atoms with Crippen LogP contribution in [0.25, 0.3) is 33.0 Å². The van der Waals surface area contributed by atoms with E-state index in [9.17, 15) is 24.6 Å². The van der Waals surface area contributed by atoms with Gasteiger partial charge in [0.1, 0.15) is 17.9 Å². The topological polar surface area (TPSA) is 132 Å². The predicted octanol–water partition coefficient (Wildman–Crippen LogP) is 4.25. The van der Waals surface area contributed by atoms with Crippen LogP contribution in [0.4, 0.5) is 0 Å². The summed E-state index contributed by atoms with van der Waals surface area (Å²) >= 11 is 0. The van der Waals surface area contributed by atoms with Crippen LogP contribution in [0.3, 0.4) is 0 Å². The Bertz CT molecular complexity index is 1770. The van der Waals surface area contributed by atoms with Gasteiger partial charge < -0.3 is 24.2 Å². The summed E-state index contributed by atoms with van der Waals surface area (Å²) in [5, 5.41) is 20.7. The SMILES string of the molecule is CC(=O)Oc1ccc2cc(-c3cc[n+](CCCCCC(=O)On4c(O)ccc4O)c4ccccc34)c(=O)oc2c1. The molecule has 0 amide bonds. The molecule has 3 heterocycles. The number of ether oxygens (including phenoxy) is 1. The van der Waals surface area contributed by atoms with E-state index < -0.39 is 17.6 Å². The molecule has 0 spiro atoms. The monoisotopic (exact) mass is 543 g/mol. The molecule has 40 heavy (non-hydrogen) atoms. The zero-order chi connectivity index (χ0) is 28.2. The van der Waals surface area contributed by atoms with E-state index in [1.165, 1.54) is 25.1 Å². The molecule has 2 aromatic carbocycles. The summed E-state index contributed by atoms with van der Waals surface area (Å²) < 4.78 is 13.5.